The molecule has 9 nitrogen and oxygen atoms in total. The molecule has 0 saturated carbocycles. The van der Waals surface area contributed by atoms with Crippen LogP contribution in [0.15, 0.2) is 0 Å². The van der Waals surface area contributed by atoms with Crippen LogP contribution in [-0.4, -0.2) is 78.1 Å². The fraction of sp³-hybridized carbons (Fsp3) is 0.786. The van der Waals surface area contributed by atoms with Crippen LogP contribution in [0.1, 0.15) is 85.5 Å². The highest BCUT2D eigenvalue weighted by Crippen LogP contribution is 2.25. The molecule has 2 fully saturated rings. The summed E-state index contributed by atoms with van der Waals surface area (Å²) in [5.74, 6) is 1.71. The van der Waals surface area contributed by atoms with Crippen molar-refractivity contribution in [2.24, 2.45) is 11.8 Å². The van der Waals surface area contributed by atoms with Crippen LogP contribution in [0.25, 0.3) is 0 Å². The maximum atomic E-state index is 12.9. The maximum Gasteiger partial charge on any atom is 0.410 e. The molecular formula is C28H45N3O6. The smallest absolute Gasteiger partial charge is 0.410 e. The first kappa shape index (κ1) is 30.5. The number of terminal acetylenes is 1. The second-order valence-electron chi connectivity index (χ2n) is 11.1. The van der Waals surface area contributed by atoms with Gasteiger partial charge in [0.05, 0.1) is 12.5 Å². The van der Waals surface area contributed by atoms with E-state index in [1.165, 1.54) is 0 Å². The van der Waals surface area contributed by atoms with Gasteiger partial charge in [0, 0.05) is 39.0 Å². The average Bonchev–Trinajstić information content (AvgIpc) is 2.86. The summed E-state index contributed by atoms with van der Waals surface area (Å²) in [4.78, 5) is 53.9. The summed E-state index contributed by atoms with van der Waals surface area (Å²) in [5, 5.41) is 2.75. The van der Waals surface area contributed by atoms with Gasteiger partial charge in [0.25, 0.3) is 0 Å². The summed E-state index contributed by atoms with van der Waals surface area (Å²) in [6, 6.07) is -0.869. The summed E-state index contributed by atoms with van der Waals surface area (Å²) in [6.45, 7) is 10.1. The van der Waals surface area contributed by atoms with Gasteiger partial charge in [-0.15, -0.1) is 12.3 Å². The van der Waals surface area contributed by atoms with Gasteiger partial charge in [0.15, 0.2) is 0 Å². The topological polar surface area (TPSA) is 105 Å². The molecule has 2 saturated heterocycles. The molecule has 3 amide bonds. The number of carbonyl (C=O) groups is 4. The number of likely N-dealkylation sites (tertiary alicyclic amines) is 2. The van der Waals surface area contributed by atoms with E-state index in [4.69, 9.17) is 15.9 Å². The molecular weight excluding hydrogens is 474 g/mol. The Morgan fingerprint density at radius 1 is 1.08 bits per heavy atom. The second-order valence-corrected chi connectivity index (χ2v) is 11.1. The molecule has 2 atom stereocenters. The highest BCUT2D eigenvalue weighted by molar-refractivity contribution is 5.86. The van der Waals surface area contributed by atoms with Crippen molar-refractivity contribution in [2.75, 3.05) is 32.8 Å². The summed E-state index contributed by atoms with van der Waals surface area (Å²) >= 11 is 0. The molecule has 0 aromatic carbocycles. The van der Waals surface area contributed by atoms with Gasteiger partial charge in [-0.2, -0.15) is 0 Å². The van der Waals surface area contributed by atoms with E-state index in [1.807, 2.05) is 27.7 Å². The van der Waals surface area contributed by atoms with Crippen LogP contribution in [0.3, 0.4) is 0 Å². The quantitative estimate of drug-likeness (QED) is 0.269. The molecule has 0 radical (unpaired) electrons. The van der Waals surface area contributed by atoms with E-state index < -0.39 is 17.6 Å². The molecule has 1 N–H and O–H groups in total. The predicted octanol–water partition coefficient (Wildman–Crippen LogP) is 3.50. The van der Waals surface area contributed by atoms with Crippen molar-refractivity contribution in [1.82, 2.24) is 15.1 Å². The van der Waals surface area contributed by atoms with Gasteiger partial charge >= 0.3 is 12.1 Å². The number of nitrogens with zero attached hydrogens (tertiary/aromatic N) is 2. The lowest BCUT2D eigenvalue weighted by Crippen LogP contribution is -2.49. The minimum atomic E-state index is -0.869. The van der Waals surface area contributed by atoms with E-state index in [9.17, 15) is 19.2 Å². The first-order valence-corrected chi connectivity index (χ1v) is 13.7. The Bertz CT molecular complexity index is 823. The summed E-state index contributed by atoms with van der Waals surface area (Å²) < 4.78 is 10.7. The molecule has 0 unspecified atom stereocenters. The fourth-order valence-electron chi connectivity index (χ4n) is 4.65. The Morgan fingerprint density at radius 2 is 1.78 bits per heavy atom. The Morgan fingerprint density at radius 3 is 2.41 bits per heavy atom. The van der Waals surface area contributed by atoms with Gasteiger partial charge < -0.3 is 24.6 Å². The Labute approximate surface area is 222 Å². The van der Waals surface area contributed by atoms with E-state index in [0.29, 0.717) is 51.5 Å². The zero-order valence-corrected chi connectivity index (χ0v) is 23.1. The Hall–Kier alpha value is -2.76. The number of rotatable bonds is 10. The third-order valence-electron chi connectivity index (χ3n) is 6.84. The number of piperidine rings is 2. The molecule has 0 aromatic heterocycles. The van der Waals surface area contributed by atoms with Gasteiger partial charge in [-0.3, -0.25) is 9.59 Å². The number of hydrogen-bond acceptors (Lipinski definition) is 6. The lowest BCUT2D eigenvalue weighted by atomic mass is 9.91. The molecule has 2 aliphatic heterocycles. The van der Waals surface area contributed by atoms with Crippen molar-refractivity contribution in [3.8, 4) is 12.3 Å². The van der Waals surface area contributed by atoms with Crippen molar-refractivity contribution in [1.29, 1.82) is 0 Å². The Kier molecular flexibility index (Phi) is 12.2. The summed E-state index contributed by atoms with van der Waals surface area (Å²) in [6.07, 6.45) is 11.1. The first-order valence-electron chi connectivity index (χ1n) is 13.7. The number of nitrogens with one attached hydrogen (secondary N) is 1. The fourth-order valence-corrected chi connectivity index (χ4v) is 4.65. The number of carbonyl (C=O) groups excluding carboxylic acids is 4. The van der Waals surface area contributed by atoms with Gasteiger partial charge in [-0.05, 0) is 65.2 Å². The van der Waals surface area contributed by atoms with E-state index in [1.54, 1.807) is 9.80 Å². The van der Waals surface area contributed by atoms with Crippen molar-refractivity contribution in [3.05, 3.63) is 0 Å². The molecule has 2 heterocycles. The molecule has 0 spiro atoms. The lowest BCUT2D eigenvalue weighted by molar-refractivity contribution is -0.149. The van der Waals surface area contributed by atoms with Gasteiger partial charge in [-0.25, -0.2) is 9.59 Å². The van der Waals surface area contributed by atoms with E-state index >= 15 is 0 Å². The number of ether oxygens (including phenoxy) is 2. The normalized spacial score (nSPS) is 19.5. The molecule has 0 aliphatic carbocycles. The van der Waals surface area contributed by atoms with Gasteiger partial charge in [0.2, 0.25) is 11.8 Å². The van der Waals surface area contributed by atoms with Gasteiger partial charge in [-0.1, -0.05) is 13.3 Å². The van der Waals surface area contributed by atoms with E-state index in [-0.39, 0.29) is 30.2 Å². The molecule has 37 heavy (non-hydrogen) atoms. The van der Waals surface area contributed by atoms with Gasteiger partial charge in [0.1, 0.15) is 11.6 Å². The maximum absolute atomic E-state index is 12.9. The van der Waals surface area contributed by atoms with Crippen molar-refractivity contribution in [3.63, 3.8) is 0 Å². The van der Waals surface area contributed by atoms with Crippen LogP contribution in [0.4, 0.5) is 4.79 Å². The zero-order chi connectivity index (χ0) is 27.4. The second kappa shape index (κ2) is 14.8. The average molecular weight is 520 g/mol. The molecule has 9 heteroatoms. The molecule has 0 bridgehead atoms. The Balaban J connectivity index is 1.78. The summed E-state index contributed by atoms with van der Waals surface area (Å²) in [5.41, 5.74) is -0.510. The van der Waals surface area contributed by atoms with Crippen molar-refractivity contribution in [2.45, 2.75) is 97.1 Å². The molecule has 2 rings (SSSR count). The SMILES string of the molecule is C#CC[C@H](NC(=O)[C@@H]1CCCN(C(=O)CCC2CCN(C(=O)OC(C)(C)C)CC2)C1)C(=O)OCCCC. The number of esters is 1. The highest BCUT2D eigenvalue weighted by atomic mass is 16.6. The number of unbranched alkanes of at least 4 members (excludes halogenated alkanes) is 1. The molecule has 0 aromatic rings. The lowest BCUT2D eigenvalue weighted by Gasteiger charge is -2.35. The number of hydrogen-bond donors (Lipinski definition) is 1. The van der Waals surface area contributed by atoms with Crippen molar-refractivity contribution < 1.29 is 28.7 Å². The van der Waals surface area contributed by atoms with Crippen molar-refractivity contribution >= 4 is 23.9 Å². The van der Waals surface area contributed by atoms with Crippen LogP contribution >= 0.6 is 0 Å². The van der Waals surface area contributed by atoms with E-state index in [2.05, 4.69) is 11.2 Å². The monoisotopic (exact) mass is 519 g/mol. The third kappa shape index (κ3) is 10.6. The molecule has 208 valence electrons. The van der Waals surface area contributed by atoms with E-state index in [0.717, 1.165) is 38.5 Å². The minimum Gasteiger partial charge on any atom is -0.464 e. The number of amides is 3. The zero-order valence-electron chi connectivity index (χ0n) is 23.1. The minimum absolute atomic E-state index is 0.0474. The first-order chi connectivity index (χ1) is 17.5. The predicted molar refractivity (Wildman–Crippen MR) is 140 cm³/mol. The molecule has 2 aliphatic rings. The standard InChI is InChI=1S/C28H45N3O6/c1-6-8-19-36-26(34)23(10-7-2)29-25(33)22-11-9-16-31(20-22)24(32)13-12-21-14-17-30(18-15-21)27(35)37-28(3,4)5/h2,21-23H,6,8-20H2,1,3-5H3,(H,29,33)/t22-,23+/m1/s1. The van der Waals surface area contributed by atoms with Crippen LogP contribution in [-0.2, 0) is 23.9 Å². The highest BCUT2D eigenvalue weighted by Gasteiger charge is 2.32. The van der Waals surface area contributed by atoms with Crippen LogP contribution in [0.5, 0.6) is 0 Å². The van der Waals surface area contributed by atoms with Crippen LogP contribution in [0.2, 0.25) is 0 Å². The van der Waals surface area contributed by atoms with Crippen LogP contribution in [0, 0.1) is 24.2 Å². The third-order valence-corrected chi connectivity index (χ3v) is 6.84. The summed E-state index contributed by atoms with van der Waals surface area (Å²) in [7, 11) is 0. The largest absolute Gasteiger partial charge is 0.464 e. The van der Waals surface area contributed by atoms with Crippen LogP contribution < -0.4 is 5.32 Å².